The van der Waals surface area contributed by atoms with Crippen molar-refractivity contribution >= 4 is 33.4 Å². The molecule has 1 aliphatic rings. The van der Waals surface area contributed by atoms with Gasteiger partial charge in [-0.15, -0.1) is 6.04 Å². The van der Waals surface area contributed by atoms with Crippen LogP contribution in [-0.4, -0.2) is 62.8 Å². The topological polar surface area (TPSA) is 75.3 Å². The second kappa shape index (κ2) is 13.2. The van der Waals surface area contributed by atoms with Gasteiger partial charge >= 0.3 is 0 Å². The van der Waals surface area contributed by atoms with Crippen LogP contribution in [0.4, 0.5) is 13.2 Å². The Morgan fingerprint density at radius 1 is 1.04 bits per heavy atom. The van der Waals surface area contributed by atoms with Crippen LogP contribution in [-0.2, 0) is 21.2 Å². The number of methoxy groups -OCH3 is 1. The summed E-state index contributed by atoms with van der Waals surface area (Å²) in [6.45, 7) is 5.50. The van der Waals surface area contributed by atoms with Gasteiger partial charge in [0, 0.05) is 22.4 Å². The van der Waals surface area contributed by atoms with Crippen molar-refractivity contribution in [1.29, 1.82) is 0 Å². The Balaban J connectivity index is 1.43. The monoisotopic (exact) mass is 692 g/mol. The van der Waals surface area contributed by atoms with Gasteiger partial charge in [-0.25, -0.2) is 26.6 Å². The molecule has 1 saturated heterocycles. The predicted molar refractivity (Wildman–Crippen MR) is 175 cm³/mol. The smallest absolute Gasteiger partial charge is 0.173 e. The van der Waals surface area contributed by atoms with E-state index in [1.54, 1.807) is 24.4 Å². The number of nitrogens with zero attached hydrogens (tertiary/aromatic N) is 4. The molecule has 46 heavy (non-hydrogen) atoms. The molecule has 1 aliphatic heterocycles. The number of halogens is 4. The average Bonchev–Trinajstić information content (AvgIpc) is 3.43. The number of ether oxygens (including phenoxy) is 1. The third kappa shape index (κ3) is 7.26. The largest absolute Gasteiger partial charge is 0.542 e. The fourth-order valence-electron chi connectivity index (χ4n) is 5.53. The molecule has 3 aromatic carbocycles. The van der Waals surface area contributed by atoms with E-state index in [0.29, 0.717) is 34.5 Å². The van der Waals surface area contributed by atoms with E-state index in [0.717, 1.165) is 52.7 Å². The van der Waals surface area contributed by atoms with E-state index in [4.69, 9.17) is 16.3 Å². The molecule has 4 aromatic rings. The Morgan fingerprint density at radius 2 is 1.67 bits per heavy atom. The molecular formula is C33H36ClF3N4O3S2. The summed E-state index contributed by atoms with van der Waals surface area (Å²) in [6, 6.07) is 12.5. The molecular weight excluding hydrogens is 657 g/mol. The van der Waals surface area contributed by atoms with Crippen molar-refractivity contribution in [3.63, 3.8) is 0 Å². The molecule has 1 aromatic heterocycles. The number of likely N-dealkylation sites (tertiary alicyclic amines) is 1. The summed E-state index contributed by atoms with van der Waals surface area (Å²) in [5.41, 5.74) is 1.22. The number of hydrogen-bond acceptors (Lipinski definition) is 5. The Labute approximate surface area is 277 Å². The van der Waals surface area contributed by atoms with E-state index in [1.807, 2.05) is 30.5 Å². The van der Waals surface area contributed by atoms with Crippen molar-refractivity contribution < 1.29 is 30.8 Å². The van der Waals surface area contributed by atoms with Crippen LogP contribution in [0.2, 0.25) is 5.02 Å². The zero-order valence-electron chi connectivity index (χ0n) is 26.2. The summed E-state index contributed by atoms with van der Waals surface area (Å²) in [4.78, 5) is 4.08. The zero-order chi connectivity index (χ0) is 33.4. The van der Waals surface area contributed by atoms with Gasteiger partial charge in [-0.3, -0.25) is 4.57 Å². The van der Waals surface area contributed by atoms with Gasteiger partial charge in [0.25, 0.3) is 0 Å². The number of aromatic nitrogens is 2. The molecule has 0 radical (unpaired) electrons. The minimum Gasteiger partial charge on any atom is -0.542 e. The van der Waals surface area contributed by atoms with E-state index in [9.17, 15) is 12.8 Å². The van der Waals surface area contributed by atoms with Crippen molar-refractivity contribution in [2.24, 2.45) is 0 Å². The van der Waals surface area contributed by atoms with Crippen molar-refractivity contribution in [2.75, 3.05) is 34.3 Å². The standard InChI is InChI=1S/C33H36ClF3N4O3S2/c1-33(2,21-6-11-27(34)30(16-21)44-5)31-19-38-32(40(31)24-9-7-22(35)8-10-24)45-20-26-28(36)17-25(18-29(26)37)46(42,43)39-23-12-14-41(3,4)15-13-23/h6-11,16-19,23H,12-15,20H2,1-5H3. The van der Waals surface area contributed by atoms with Crippen LogP contribution in [0.15, 0.2) is 70.8 Å². The van der Waals surface area contributed by atoms with Crippen molar-refractivity contribution in [1.82, 2.24) is 9.55 Å². The molecule has 0 atom stereocenters. The minimum atomic E-state index is -4.25. The van der Waals surface area contributed by atoms with E-state index >= 15 is 8.78 Å². The van der Waals surface area contributed by atoms with Crippen LogP contribution < -0.4 is 4.74 Å². The lowest BCUT2D eigenvalue weighted by Gasteiger charge is -2.42. The Morgan fingerprint density at radius 3 is 2.28 bits per heavy atom. The molecule has 0 saturated carbocycles. The van der Waals surface area contributed by atoms with Crippen molar-refractivity contribution in [3.05, 3.63) is 105 Å². The molecule has 0 N–H and O–H groups in total. The van der Waals surface area contributed by atoms with Crippen LogP contribution in [0, 0.1) is 17.5 Å². The quantitative estimate of drug-likeness (QED) is 0.125. The van der Waals surface area contributed by atoms with Crippen molar-refractivity contribution in [3.8, 4) is 11.4 Å². The first-order chi connectivity index (χ1) is 21.6. The lowest BCUT2D eigenvalue weighted by molar-refractivity contribution is -0.895. The summed E-state index contributed by atoms with van der Waals surface area (Å²) < 4.78 is 82.6. The minimum absolute atomic E-state index is 0.183. The number of imidazole rings is 1. The summed E-state index contributed by atoms with van der Waals surface area (Å²) in [5.74, 6) is -2.08. The zero-order valence-corrected chi connectivity index (χ0v) is 28.6. The number of quaternary nitrogens is 1. The highest BCUT2D eigenvalue weighted by Crippen LogP contribution is 2.40. The molecule has 0 aliphatic carbocycles. The second-order valence-electron chi connectivity index (χ2n) is 12.6. The SMILES string of the molecule is COc1cc(C(C)(C)c2cnc(SCc3c(F)cc(S(=O)(=O)[N-]C4CC[N+](C)(C)CC4)cc3F)n2-c2ccc(F)cc2)ccc1Cl. The predicted octanol–water partition coefficient (Wildman–Crippen LogP) is 7.87. The van der Waals surface area contributed by atoms with Gasteiger partial charge in [0.15, 0.2) is 5.16 Å². The third-order valence-electron chi connectivity index (χ3n) is 8.51. The molecule has 246 valence electrons. The lowest BCUT2D eigenvalue weighted by Crippen LogP contribution is -2.47. The average molecular weight is 693 g/mol. The van der Waals surface area contributed by atoms with Crippen LogP contribution in [0.1, 0.15) is 43.5 Å². The summed E-state index contributed by atoms with van der Waals surface area (Å²) in [6.07, 6.45) is 2.83. The molecule has 0 bridgehead atoms. The second-order valence-corrected chi connectivity index (χ2v) is 15.5. The summed E-state index contributed by atoms with van der Waals surface area (Å²) in [7, 11) is 1.41. The lowest BCUT2D eigenvalue weighted by atomic mass is 9.81. The third-order valence-corrected chi connectivity index (χ3v) is 11.2. The van der Waals surface area contributed by atoms with Gasteiger partial charge in [-0.05, 0) is 66.9 Å². The van der Waals surface area contributed by atoms with Crippen LogP contribution in [0.3, 0.4) is 0 Å². The highest BCUT2D eigenvalue weighted by atomic mass is 35.5. The summed E-state index contributed by atoms with van der Waals surface area (Å²) in [5, 5.41) is 0.860. The van der Waals surface area contributed by atoms with Gasteiger partial charge in [-0.1, -0.05) is 43.3 Å². The maximum Gasteiger partial charge on any atom is 0.173 e. The normalized spacial score (nSPS) is 15.7. The molecule has 0 spiro atoms. The molecule has 0 unspecified atom stereocenters. The number of hydrogen-bond donors (Lipinski definition) is 0. The van der Waals surface area contributed by atoms with Crippen LogP contribution in [0.5, 0.6) is 5.75 Å². The van der Waals surface area contributed by atoms with Gasteiger partial charge in [0.2, 0.25) is 0 Å². The highest BCUT2D eigenvalue weighted by molar-refractivity contribution is 7.98. The highest BCUT2D eigenvalue weighted by Gasteiger charge is 2.31. The Hall–Kier alpha value is -3.03. The summed E-state index contributed by atoms with van der Waals surface area (Å²) >= 11 is 7.34. The van der Waals surface area contributed by atoms with E-state index in [-0.39, 0.29) is 11.3 Å². The molecule has 7 nitrogen and oxygen atoms in total. The maximum atomic E-state index is 15.4. The van der Waals surface area contributed by atoms with Crippen LogP contribution in [0.25, 0.3) is 10.4 Å². The first-order valence-corrected chi connectivity index (χ1v) is 17.5. The fourth-order valence-corrected chi connectivity index (χ4v) is 7.97. The first-order valence-electron chi connectivity index (χ1n) is 14.7. The van der Waals surface area contributed by atoms with Gasteiger partial charge in [0.05, 0.1) is 56.1 Å². The van der Waals surface area contributed by atoms with Gasteiger partial charge < -0.3 is 13.9 Å². The number of thioether (sulfide) groups is 1. The Kier molecular flexibility index (Phi) is 9.87. The molecule has 2 heterocycles. The molecule has 13 heteroatoms. The maximum absolute atomic E-state index is 15.4. The van der Waals surface area contributed by atoms with Crippen LogP contribution >= 0.6 is 23.4 Å². The van der Waals surface area contributed by atoms with Gasteiger partial charge in [-0.2, -0.15) is 0 Å². The van der Waals surface area contributed by atoms with E-state index in [2.05, 4.69) is 23.8 Å². The van der Waals surface area contributed by atoms with Crippen molar-refractivity contribution in [2.45, 2.75) is 54.0 Å². The van der Waals surface area contributed by atoms with E-state index in [1.165, 1.54) is 19.2 Å². The number of rotatable bonds is 10. The fraction of sp³-hybridized carbons (Fsp3) is 0.364. The first kappa shape index (κ1) is 34.3. The van der Waals surface area contributed by atoms with Gasteiger partial charge in [0.1, 0.15) is 33.2 Å². The molecule has 1 fully saturated rings. The van der Waals surface area contributed by atoms with E-state index < -0.39 is 43.8 Å². The number of piperidine rings is 1. The number of sulfonamides is 1. The molecule has 0 amide bonds. The molecule has 5 rings (SSSR count). The number of benzene rings is 3. The Bertz CT molecular complexity index is 1810.